The Hall–Kier alpha value is -1.69. The van der Waals surface area contributed by atoms with Gasteiger partial charge < -0.3 is 10.4 Å². The molecular weight excluding hydrogens is 302 g/mol. The number of hydrogen-bond donors (Lipinski definition) is 2. The van der Waals surface area contributed by atoms with Crippen molar-refractivity contribution in [3.63, 3.8) is 0 Å². The average Bonchev–Trinajstić information content (AvgIpc) is 2.88. The van der Waals surface area contributed by atoms with Gasteiger partial charge in [-0.25, -0.2) is 0 Å². The summed E-state index contributed by atoms with van der Waals surface area (Å²) in [6, 6.07) is 7.18. The molecule has 0 spiro atoms. The number of nitrogens with one attached hydrogen (secondary N) is 1. The highest BCUT2D eigenvalue weighted by atomic mass is 32.2. The first-order chi connectivity index (χ1) is 10.4. The lowest BCUT2D eigenvalue weighted by Gasteiger charge is -2.22. The Balaban J connectivity index is 2.02. The second-order valence-electron chi connectivity index (χ2n) is 5.94. The van der Waals surface area contributed by atoms with Gasteiger partial charge in [0.15, 0.2) is 0 Å². The summed E-state index contributed by atoms with van der Waals surface area (Å²) in [4.78, 5) is 23.7. The number of anilines is 1. The molecule has 2 N–H and O–H groups in total. The van der Waals surface area contributed by atoms with E-state index in [2.05, 4.69) is 5.32 Å². The number of benzene rings is 1. The summed E-state index contributed by atoms with van der Waals surface area (Å²) < 4.78 is 11.3. The Morgan fingerprint density at radius 1 is 1.32 bits per heavy atom. The van der Waals surface area contributed by atoms with Crippen LogP contribution in [0.15, 0.2) is 24.3 Å². The van der Waals surface area contributed by atoms with E-state index in [1.54, 1.807) is 24.5 Å². The molecule has 1 amide bonds. The van der Waals surface area contributed by atoms with Crippen LogP contribution in [0.1, 0.15) is 37.7 Å². The first-order valence-electron chi connectivity index (χ1n) is 7.33. The van der Waals surface area contributed by atoms with Crippen molar-refractivity contribution in [2.45, 2.75) is 37.9 Å². The number of hydrogen-bond acceptors (Lipinski definition) is 3. The fourth-order valence-electron chi connectivity index (χ4n) is 3.00. The van der Waals surface area contributed by atoms with Crippen molar-refractivity contribution in [1.29, 1.82) is 0 Å². The van der Waals surface area contributed by atoms with Crippen LogP contribution in [-0.2, 0) is 26.1 Å². The van der Waals surface area contributed by atoms with Crippen molar-refractivity contribution in [2.24, 2.45) is 5.41 Å². The van der Waals surface area contributed by atoms with Crippen LogP contribution in [0.2, 0.25) is 0 Å². The van der Waals surface area contributed by atoms with Gasteiger partial charge in [-0.2, -0.15) is 0 Å². The van der Waals surface area contributed by atoms with Crippen molar-refractivity contribution >= 4 is 28.4 Å². The van der Waals surface area contributed by atoms with E-state index in [4.69, 9.17) is 0 Å². The number of carbonyl (C=O) groups is 2. The normalized spacial score (nSPS) is 17.9. The van der Waals surface area contributed by atoms with Gasteiger partial charge >= 0.3 is 5.97 Å². The van der Waals surface area contributed by atoms with Crippen LogP contribution in [0.5, 0.6) is 0 Å². The molecule has 1 aliphatic rings. The van der Waals surface area contributed by atoms with Gasteiger partial charge in [0.2, 0.25) is 5.91 Å². The molecule has 0 aliphatic heterocycles. The summed E-state index contributed by atoms with van der Waals surface area (Å²) in [7, 11) is -0.945. The smallest absolute Gasteiger partial charge is 0.310 e. The average molecular weight is 323 g/mol. The molecule has 6 heteroatoms. The third-order valence-corrected chi connectivity index (χ3v) is 4.83. The number of carboxylic acids is 1. The summed E-state index contributed by atoms with van der Waals surface area (Å²) in [6.07, 6.45) is 4.47. The Morgan fingerprint density at radius 3 is 2.59 bits per heavy atom. The fraction of sp³-hybridized carbons (Fsp3) is 0.500. The van der Waals surface area contributed by atoms with E-state index in [9.17, 15) is 18.9 Å². The van der Waals surface area contributed by atoms with Gasteiger partial charge in [-0.1, -0.05) is 25.0 Å². The number of carbonyl (C=O) groups excluding carboxylic acids is 1. The van der Waals surface area contributed by atoms with Crippen molar-refractivity contribution in [1.82, 2.24) is 0 Å². The Labute approximate surface area is 132 Å². The van der Waals surface area contributed by atoms with Crippen LogP contribution < -0.4 is 5.32 Å². The van der Waals surface area contributed by atoms with E-state index >= 15 is 0 Å². The van der Waals surface area contributed by atoms with E-state index < -0.39 is 22.2 Å². The molecule has 1 aromatic rings. The first kappa shape index (κ1) is 16.7. The molecule has 5 nitrogen and oxygen atoms in total. The SMILES string of the molecule is CS(=O)Cc1cccc(NC(=O)CC2(C(=O)O)CCCC2)c1. The van der Waals surface area contributed by atoms with Crippen LogP contribution in [0.25, 0.3) is 0 Å². The van der Waals surface area contributed by atoms with Gasteiger partial charge in [0, 0.05) is 34.9 Å². The topological polar surface area (TPSA) is 83.5 Å². The summed E-state index contributed by atoms with van der Waals surface area (Å²) >= 11 is 0. The molecule has 22 heavy (non-hydrogen) atoms. The number of amides is 1. The summed E-state index contributed by atoms with van der Waals surface area (Å²) in [5.74, 6) is -0.725. The monoisotopic (exact) mass is 323 g/mol. The van der Waals surface area contributed by atoms with Gasteiger partial charge in [0.1, 0.15) is 0 Å². The zero-order valence-corrected chi connectivity index (χ0v) is 13.4. The minimum Gasteiger partial charge on any atom is -0.481 e. The highest BCUT2D eigenvalue weighted by molar-refractivity contribution is 7.83. The fourth-order valence-corrected chi connectivity index (χ4v) is 3.65. The highest BCUT2D eigenvalue weighted by Crippen LogP contribution is 2.41. The second-order valence-corrected chi connectivity index (χ2v) is 7.37. The van der Waals surface area contributed by atoms with E-state index in [0.717, 1.165) is 18.4 Å². The van der Waals surface area contributed by atoms with Crippen LogP contribution in [-0.4, -0.2) is 27.4 Å². The van der Waals surface area contributed by atoms with Gasteiger partial charge in [-0.15, -0.1) is 0 Å². The van der Waals surface area contributed by atoms with Crippen molar-refractivity contribution in [2.75, 3.05) is 11.6 Å². The van der Waals surface area contributed by atoms with Crippen molar-refractivity contribution in [3.05, 3.63) is 29.8 Å². The summed E-state index contributed by atoms with van der Waals surface area (Å²) in [5, 5.41) is 12.2. The number of aliphatic carboxylic acids is 1. The molecule has 1 saturated carbocycles. The van der Waals surface area contributed by atoms with Crippen LogP contribution in [0, 0.1) is 5.41 Å². The lowest BCUT2D eigenvalue weighted by molar-refractivity contribution is -0.150. The van der Waals surface area contributed by atoms with E-state index in [1.165, 1.54) is 0 Å². The molecular formula is C16H21NO4S. The zero-order valence-electron chi connectivity index (χ0n) is 12.6. The molecule has 1 atom stereocenters. The minimum atomic E-state index is -0.945. The first-order valence-corrected chi connectivity index (χ1v) is 9.06. The maximum atomic E-state index is 12.2. The van der Waals surface area contributed by atoms with Crippen LogP contribution >= 0.6 is 0 Å². The van der Waals surface area contributed by atoms with Crippen LogP contribution in [0.3, 0.4) is 0 Å². The molecule has 0 heterocycles. The van der Waals surface area contributed by atoms with E-state index in [0.29, 0.717) is 24.3 Å². The Morgan fingerprint density at radius 2 is 2.00 bits per heavy atom. The van der Waals surface area contributed by atoms with Gasteiger partial charge in [-0.05, 0) is 30.5 Å². The summed E-state index contributed by atoms with van der Waals surface area (Å²) in [5.41, 5.74) is 0.589. The lowest BCUT2D eigenvalue weighted by atomic mass is 9.82. The molecule has 0 aromatic heterocycles. The van der Waals surface area contributed by atoms with Crippen LogP contribution in [0.4, 0.5) is 5.69 Å². The quantitative estimate of drug-likeness (QED) is 0.842. The third-order valence-electron chi connectivity index (χ3n) is 4.09. The maximum Gasteiger partial charge on any atom is 0.310 e. The second kappa shape index (κ2) is 7.05. The lowest BCUT2D eigenvalue weighted by Crippen LogP contribution is -2.32. The van der Waals surface area contributed by atoms with E-state index in [1.807, 2.05) is 6.07 Å². The predicted molar refractivity (Wildman–Crippen MR) is 86.0 cm³/mol. The standard InChI is InChI=1S/C16H21NO4S/c1-22(21)11-12-5-4-6-13(9-12)17-14(18)10-16(15(19)20)7-2-3-8-16/h4-6,9H,2-3,7-8,10-11H2,1H3,(H,17,18)(H,19,20). The van der Waals surface area contributed by atoms with Crippen molar-refractivity contribution in [3.8, 4) is 0 Å². The largest absolute Gasteiger partial charge is 0.481 e. The molecule has 1 aliphatic carbocycles. The molecule has 120 valence electrons. The molecule has 0 saturated heterocycles. The third kappa shape index (κ3) is 4.16. The molecule has 1 unspecified atom stereocenters. The molecule has 1 aromatic carbocycles. The minimum absolute atomic E-state index is 0.00622. The summed E-state index contributed by atoms with van der Waals surface area (Å²) in [6.45, 7) is 0. The van der Waals surface area contributed by atoms with Crippen molar-refractivity contribution < 1.29 is 18.9 Å². The number of carboxylic acid groups (broad SMARTS) is 1. The van der Waals surface area contributed by atoms with E-state index in [-0.39, 0.29) is 12.3 Å². The van der Waals surface area contributed by atoms with Gasteiger partial charge in [0.05, 0.1) is 5.41 Å². The molecule has 1 fully saturated rings. The molecule has 0 radical (unpaired) electrons. The van der Waals surface area contributed by atoms with Gasteiger partial charge in [0.25, 0.3) is 0 Å². The maximum absolute atomic E-state index is 12.2. The Bertz CT molecular complexity index is 594. The molecule has 2 rings (SSSR count). The predicted octanol–water partition coefficient (Wildman–Crippen LogP) is 2.54. The highest BCUT2D eigenvalue weighted by Gasteiger charge is 2.42. The zero-order chi connectivity index (χ0) is 16.2. The van der Waals surface area contributed by atoms with Gasteiger partial charge in [-0.3, -0.25) is 13.8 Å². The Kier molecular flexibility index (Phi) is 5.34. The number of rotatable bonds is 6. The molecule has 0 bridgehead atoms.